The highest BCUT2D eigenvalue weighted by atomic mass is 32.1. The van der Waals surface area contributed by atoms with Crippen LogP contribution in [0.5, 0.6) is 0 Å². The zero-order chi connectivity index (χ0) is 12.3. The second kappa shape index (κ2) is 5.31. The van der Waals surface area contributed by atoms with E-state index < -0.39 is 0 Å². The molecular weight excluding hydrogens is 254 g/mol. The number of hydrogen-bond donors (Lipinski definition) is 1. The van der Waals surface area contributed by atoms with Crippen molar-refractivity contribution < 1.29 is 4.74 Å². The molecule has 0 bridgehead atoms. The topological polar surface area (TPSA) is 61.0 Å². The van der Waals surface area contributed by atoms with E-state index >= 15 is 0 Å². The van der Waals surface area contributed by atoms with Crippen LogP contribution < -0.4 is 5.73 Å². The van der Waals surface area contributed by atoms with E-state index in [4.69, 9.17) is 22.7 Å². The van der Waals surface area contributed by atoms with Crippen molar-refractivity contribution in [1.29, 1.82) is 0 Å². The Morgan fingerprint density at radius 2 is 2.18 bits per heavy atom. The van der Waals surface area contributed by atoms with E-state index in [0.717, 1.165) is 21.1 Å². The fourth-order valence-corrected chi connectivity index (χ4v) is 2.57. The summed E-state index contributed by atoms with van der Waals surface area (Å²) in [7, 11) is 1.62. The first-order valence-corrected chi connectivity index (χ1v) is 6.13. The SMILES string of the molecule is COCc1nc(-c2ccncc2)sc1C(N)=S. The van der Waals surface area contributed by atoms with Crippen LogP contribution in [0.1, 0.15) is 10.6 Å². The standard InChI is InChI=1S/C11H11N3OS2/c1-15-6-8-9(10(12)16)17-11(14-8)7-2-4-13-5-3-7/h2-5H,6H2,1H3,(H2,12,16). The van der Waals surface area contributed by atoms with E-state index in [2.05, 4.69) is 9.97 Å². The van der Waals surface area contributed by atoms with Gasteiger partial charge in [0.1, 0.15) is 10.00 Å². The molecule has 0 saturated heterocycles. The van der Waals surface area contributed by atoms with Gasteiger partial charge in [-0.05, 0) is 12.1 Å². The van der Waals surface area contributed by atoms with Crippen molar-refractivity contribution >= 4 is 28.5 Å². The van der Waals surface area contributed by atoms with Gasteiger partial charge in [-0.3, -0.25) is 4.98 Å². The highest BCUT2D eigenvalue weighted by molar-refractivity contribution is 7.81. The Hall–Kier alpha value is -1.37. The molecule has 0 amide bonds. The molecule has 0 unspecified atom stereocenters. The van der Waals surface area contributed by atoms with Gasteiger partial charge >= 0.3 is 0 Å². The van der Waals surface area contributed by atoms with Crippen LogP contribution >= 0.6 is 23.6 Å². The number of methoxy groups -OCH3 is 1. The molecule has 4 nitrogen and oxygen atoms in total. The van der Waals surface area contributed by atoms with Gasteiger partial charge in [0.25, 0.3) is 0 Å². The van der Waals surface area contributed by atoms with Gasteiger partial charge in [0.15, 0.2) is 0 Å². The third kappa shape index (κ3) is 2.66. The van der Waals surface area contributed by atoms with Gasteiger partial charge in [-0.15, -0.1) is 11.3 Å². The Kier molecular flexibility index (Phi) is 3.78. The number of thiazole rings is 1. The third-order valence-corrected chi connectivity index (χ3v) is 3.64. The van der Waals surface area contributed by atoms with Crippen LogP contribution in [0.15, 0.2) is 24.5 Å². The summed E-state index contributed by atoms with van der Waals surface area (Å²) in [5, 5.41) is 0.877. The van der Waals surface area contributed by atoms with Crippen LogP contribution in [0.4, 0.5) is 0 Å². The molecule has 0 atom stereocenters. The number of hydrogen-bond acceptors (Lipinski definition) is 5. The van der Waals surface area contributed by atoms with Crippen LogP contribution in [0.2, 0.25) is 0 Å². The van der Waals surface area contributed by atoms with Crippen molar-refractivity contribution in [2.75, 3.05) is 7.11 Å². The molecule has 2 N–H and O–H groups in total. The second-order valence-corrected chi connectivity index (χ2v) is 4.77. The summed E-state index contributed by atoms with van der Waals surface area (Å²) in [6.07, 6.45) is 3.46. The van der Waals surface area contributed by atoms with Crippen molar-refractivity contribution in [3.8, 4) is 10.6 Å². The van der Waals surface area contributed by atoms with Crippen molar-refractivity contribution in [3.63, 3.8) is 0 Å². The van der Waals surface area contributed by atoms with E-state index in [0.29, 0.717) is 11.6 Å². The molecule has 2 aromatic rings. The average molecular weight is 265 g/mol. The molecule has 0 saturated carbocycles. The van der Waals surface area contributed by atoms with Crippen LogP contribution in [0, 0.1) is 0 Å². The maximum absolute atomic E-state index is 5.67. The van der Waals surface area contributed by atoms with Crippen molar-refractivity contribution in [2.24, 2.45) is 5.73 Å². The minimum atomic E-state index is 0.356. The van der Waals surface area contributed by atoms with E-state index in [1.165, 1.54) is 11.3 Å². The van der Waals surface area contributed by atoms with Gasteiger partial charge in [-0.25, -0.2) is 4.98 Å². The summed E-state index contributed by atoms with van der Waals surface area (Å²) in [5.41, 5.74) is 7.46. The normalized spacial score (nSPS) is 10.4. The number of aromatic nitrogens is 2. The monoisotopic (exact) mass is 265 g/mol. The fourth-order valence-electron chi connectivity index (χ4n) is 1.40. The quantitative estimate of drug-likeness (QED) is 0.857. The van der Waals surface area contributed by atoms with E-state index in [-0.39, 0.29) is 0 Å². The smallest absolute Gasteiger partial charge is 0.124 e. The number of thiocarbonyl (C=S) groups is 1. The first-order chi connectivity index (χ1) is 8.22. The van der Waals surface area contributed by atoms with Gasteiger partial charge in [0.2, 0.25) is 0 Å². The van der Waals surface area contributed by atoms with E-state index in [1.807, 2.05) is 12.1 Å². The van der Waals surface area contributed by atoms with Gasteiger partial charge in [-0.1, -0.05) is 12.2 Å². The predicted molar refractivity (Wildman–Crippen MR) is 71.9 cm³/mol. The molecule has 88 valence electrons. The maximum Gasteiger partial charge on any atom is 0.124 e. The van der Waals surface area contributed by atoms with Crippen molar-refractivity contribution in [3.05, 3.63) is 35.1 Å². The van der Waals surface area contributed by atoms with Crippen LogP contribution in [-0.4, -0.2) is 22.1 Å². The lowest BCUT2D eigenvalue weighted by atomic mass is 10.3. The molecule has 0 radical (unpaired) electrons. The second-order valence-electron chi connectivity index (χ2n) is 3.33. The van der Waals surface area contributed by atoms with Crippen LogP contribution in [-0.2, 0) is 11.3 Å². The molecule has 17 heavy (non-hydrogen) atoms. The Balaban J connectivity index is 2.44. The molecule has 2 heterocycles. The first kappa shape index (κ1) is 12.1. The Bertz CT molecular complexity index is 525. The minimum absolute atomic E-state index is 0.356. The fraction of sp³-hybridized carbons (Fsp3) is 0.182. The third-order valence-electron chi connectivity index (χ3n) is 2.13. The van der Waals surface area contributed by atoms with Crippen LogP contribution in [0.25, 0.3) is 10.6 Å². The number of pyridine rings is 1. The minimum Gasteiger partial charge on any atom is -0.389 e. The molecule has 0 aromatic carbocycles. The molecule has 0 spiro atoms. The molecule has 0 aliphatic rings. The summed E-state index contributed by atoms with van der Waals surface area (Å²) in [6, 6.07) is 3.80. The van der Waals surface area contributed by atoms with Gasteiger partial charge in [0, 0.05) is 25.1 Å². The number of nitrogens with two attached hydrogens (primary N) is 1. The van der Waals surface area contributed by atoms with Crippen molar-refractivity contribution in [2.45, 2.75) is 6.61 Å². The summed E-state index contributed by atoms with van der Waals surface area (Å²) in [5.74, 6) is 0. The van der Waals surface area contributed by atoms with Crippen LogP contribution in [0.3, 0.4) is 0 Å². The first-order valence-electron chi connectivity index (χ1n) is 4.91. The lowest BCUT2D eigenvalue weighted by molar-refractivity contribution is 0.182. The molecule has 6 heteroatoms. The number of nitrogens with zero attached hydrogens (tertiary/aromatic N) is 2. The predicted octanol–water partition coefficient (Wildman–Crippen LogP) is 1.99. The summed E-state index contributed by atoms with van der Waals surface area (Å²) in [4.78, 5) is 9.63. The lowest BCUT2D eigenvalue weighted by Gasteiger charge is -1.97. The molecular formula is C11H11N3OS2. The van der Waals surface area contributed by atoms with Gasteiger partial charge in [-0.2, -0.15) is 0 Å². The van der Waals surface area contributed by atoms with Crippen molar-refractivity contribution in [1.82, 2.24) is 9.97 Å². The largest absolute Gasteiger partial charge is 0.389 e. The molecule has 2 aromatic heterocycles. The lowest BCUT2D eigenvalue weighted by Crippen LogP contribution is -2.10. The van der Waals surface area contributed by atoms with Gasteiger partial charge in [0.05, 0.1) is 17.2 Å². The van der Waals surface area contributed by atoms with E-state index in [1.54, 1.807) is 19.5 Å². The highest BCUT2D eigenvalue weighted by Crippen LogP contribution is 2.28. The Labute approximate surface area is 108 Å². The number of ether oxygens (including phenoxy) is 1. The summed E-state index contributed by atoms with van der Waals surface area (Å²) < 4.78 is 5.08. The summed E-state index contributed by atoms with van der Waals surface area (Å²) >= 11 is 6.48. The van der Waals surface area contributed by atoms with Gasteiger partial charge < -0.3 is 10.5 Å². The molecule has 0 aliphatic carbocycles. The molecule has 0 fully saturated rings. The zero-order valence-corrected chi connectivity index (χ0v) is 10.8. The zero-order valence-electron chi connectivity index (χ0n) is 9.21. The Morgan fingerprint density at radius 1 is 1.47 bits per heavy atom. The maximum atomic E-state index is 5.67. The molecule has 2 rings (SSSR count). The Morgan fingerprint density at radius 3 is 2.76 bits per heavy atom. The highest BCUT2D eigenvalue weighted by Gasteiger charge is 2.14. The number of rotatable bonds is 4. The van der Waals surface area contributed by atoms with E-state index in [9.17, 15) is 0 Å². The molecule has 0 aliphatic heterocycles. The average Bonchev–Trinajstić information content (AvgIpc) is 2.75. The summed E-state index contributed by atoms with van der Waals surface area (Å²) in [6.45, 7) is 0.411.